The molecule has 0 spiro atoms. The molecule has 36 heavy (non-hydrogen) atoms. The van der Waals surface area contributed by atoms with E-state index in [0.29, 0.717) is 24.6 Å². The molecular formula is C24H28FN5O5S. The van der Waals surface area contributed by atoms with Gasteiger partial charge >= 0.3 is 10.2 Å². The summed E-state index contributed by atoms with van der Waals surface area (Å²) in [6.07, 6.45) is 5.51. The molecule has 12 heteroatoms. The summed E-state index contributed by atoms with van der Waals surface area (Å²) >= 11 is 0. The Kier molecular flexibility index (Phi) is 6.58. The highest BCUT2D eigenvalue weighted by molar-refractivity contribution is 7.87. The lowest BCUT2D eigenvalue weighted by Crippen LogP contribution is -2.39. The highest BCUT2D eigenvalue weighted by Gasteiger charge is 2.31. The zero-order valence-corrected chi connectivity index (χ0v) is 20.9. The van der Waals surface area contributed by atoms with Gasteiger partial charge in [0.25, 0.3) is 5.91 Å². The van der Waals surface area contributed by atoms with Gasteiger partial charge in [-0.1, -0.05) is 0 Å². The Balaban J connectivity index is 1.47. The van der Waals surface area contributed by atoms with Gasteiger partial charge < -0.3 is 14.4 Å². The van der Waals surface area contributed by atoms with E-state index in [4.69, 9.17) is 9.47 Å². The first kappa shape index (κ1) is 24.5. The SMILES string of the molecule is CN(C)S(=O)(=O)NC(=O)c1cnc2ccc(N3CCCC3c3cc(F)ccc3OC3CCOC3)cn12. The van der Waals surface area contributed by atoms with E-state index in [-0.39, 0.29) is 23.7 Å². The number of hydrogen-bond donors (Lipinski definition) is 1. The molecule has 3 aromatic rings. The summed E-state index contributed by atoms with van der Waals surface area (Å²) in [4.78, 5) is 19.1. The van der Waals surface area contributed by atoms with Gasteiger partial charge in [0.1, 0.15) is 29.0 Å². The number of ether oxygens (including phenoxy) is 2. The Morgan fingerprint density at radius 1 is 1.25 bits per heavy atom. The zero-order chi connectivity index (χ0) is 25.4. The number of fused-ring (bicyclic) bond motifs is 1. The van der Waals surface area contributed by atoms with E-state index < -0.39 is 16.1 Å². The minimum Gasteiger partial charge on any atom is -0.488 e. The van der Waals surface area contributed by atoms with Crippen molar-refractivity contribution in [2.45, 2.75) is 31.4 Å². The maximum atomic E-state index is 14.3. The molecule has 4 heterocycles. The number of nitrogens with one attached hydrogen (secondary N) is 1. The number of pyridine rings is 1. The number of halogens is 1. The van der Waals surface area contributed by atoms with Gasteiger partial charge in [-0.05, 0) is 43.2 Å². The van der Waals surface area contributed by atoms with Crippen LogP contribution in [0.2, 0.25) is 0 Å². The average Bonchev–Trinajstić information content (AvgIpc) is 3.60. The Morgan fingerprint density at radius 3 is 2.83 bits per heavy atom. The van der Waals surface area contributed by atoms with Gasteiger partial charge in [-0.15, -0.1) is 0 Å². The van der Waals surface area contributed by atoms with Crippen LogP contribution in [0.25, 0.3) is 5.65 Å². The van der Waals surface area contributed by atoms with Crippen LogP contribution in [-0.4, -0.2) is 68.0 Å². The lowest BCUT2D eigenvalue weighted by molar-refractivity contribution is 0.0974. The van der Waals surface area contributed by atoms with E-state index in [1.807, 2.05) is 10.8 Å². The second kappa shape index (κ2) is 9.68. The summed E-state index contributed by atoms with van der Waals surface area (Å²) in [5.74, 6) is -0.481. The van der Waals surface area contributed by atoms with Gasteiger partial charge in [0.05, 0.1) is 31.1 Å². The lowest BCUT2D eigenvalue weighted by Gasteiger charge is -2.29. The Hall–Kier alpha value is -3.22. The maximum Gasteiger partial charge on any atom is 0.303 e. The minimum atomic E-state index is -3.96. The maximum absolute atomic E-state index is 14.3. The number of imidazole rings is 1. The largest absolute Gasteiger partial charge is 0.488 e. The van der Waals surface area contributed by atoms with Crippen LogP contribution in [0.5, 0.6) is 5.75 Å². The molecule has 1 aromatic carbocycles. The minimum absolute atomic E-state index is 0.0640. The predicted octanol–water partition coefficient (Wildman–Crippen LogP) is 2.52. The van der Waals surface area contributed by atoms with Gasteiger partial charge in [-0.3, -0.25) is 9.20 Å². The number of aromatic nitrogens is 2. The third kappa shape index (κ3) is 4.75. The number of anilines is 1. The second-order valence-corrected chi connectivity index (χ2v) is 11.0. The number of rotatable bonds is 7. The van der Waals surface area contributed by atoms with E-state index in [0.717, 1.165) is 41.4 Å². The molecule has 2 unspecified atom stereocenters. The van der Waals surface area contributed by atoms with E-state index in [1.165, 1.54) is 32.4 Å². The van der Waals surface area contributed by atoms with Gasteiger partial charge in [-0.2, -0.15) is 12.7 Å². The van der Waals surface area contributed by atoms with Crippen LogP contribution < -0.4 is 14.4 Å². The standard InChI is InChI=1S/C24H28FN5O5S/c1-28(2)36(32,33)27-24(31)21-13-26-23-8-6-17(14-30(21)23)29-10-3-4-20(29)19-12-16(25)5-7-22(19)35-18-9-11-34-15-18/h5-8,12-14,18,20H,3-4,9-11,15H2,1-2H3,(H,27,31). The predicted molar refractivity (Wildman–Crippen MR) is 131 cm³/mol. The molecule has 2 aromatic heterocycles. The smallest absolute Gasteiger partial charge is 0.303 e. The van der Waals surface area contributed by atoms with Crippen molar-refractivity contribution in [2.24, 2.45) is 0 Å². The fourth-order valence-electron chi connectivity index (χ4n) is 4.64. The lowest BCUT2D eigenvalue weighted by atomic mass is 10.0. The normalized spacial score (nSPS) is 20.4. The van der Waals surface area contributed by atoms with Crippen LogP contribution >= 0.6 is 0 Å². The topological polar surface area (TPSA) is 105 Å². The summed E-state index contributed by atoms with van der Waals surface area (Å²) in [5, 5.41) is 0. The molecule has 0 radical (unpaired) electrons. The summed E-state index contributed by atoms with van der Waals surface area (Å²) in [5.41, 5.74) is 2.15. The molecule has 2 aliphatic rings. The van der Waals surface area contributed by atoms with Crippen LogP contribution in [-0.2, 0) is 14.9 Å². The Morgan fingerprint density at radius 2 is 2.08 bits per heavy atom. The first-order valence-corrected chi connectivity index (χ1v) is 13.2. The summed E-state index contributed by atoms with van der Waals surface area (Å²) < 4.78 is 54.7. The van der Waals surface area contributed by atoms with Crippen molar-refractivity contribution in [2.75, 3.05) is 38.8 Å². The first-order valence-electron chi connectivity index (χ1n) is 11.7. The molecule has 2 aliphatic heterocycles. The highest BCUT2D eigenvalue weighted by atomic mass is 32.2. The van der Waals surface area contributed by atoms with Crippen molar-refractivity contribution < 1.29 is 27.1 Å². The molecule has 1 N–H and O–H groups in total. The van der Waals surface area contributed by atoms with E-state index in [9.17, 15) is 17.6 Å². The molecule has 1 amide bonds. The number of hydrogen-bond acceptors (Lipinski definition) is 7. The van der Waals surface area contributed by atoms with Crippen molar-refractivity contribution in [3.8, 4) is 5.75 Å². The van der Waals surface area contributed by atoms with Crippen molar-refractivity contribution in [3.63, 3.8) is 0 Å². The molecule has 192 valence electrons. The number of amides is 1. The molecule has 0 bridgehead atoms. The van der Waals surface area contributed by atoms with E-state index >= 15 is 0 Å². The van der Waals surface area contributed by atoms with Crippen LogP contribution in [0, 0.1) is 5.82 Å². The zero-order valence-electron chi connectivity index (χ0n) is 20.1. The van der Waals surface area contributed by atoms with E-state index in [2.05, 4.69) is 9.88 Å². The molecule has 2 saturated heterocycles. The summed E-state index contributed by atoms with van der Waals surface area (Å²) in [7, 11) is -1.29. The fourth-order valence-corrected chi connectivity index (χ4v) is 5.16. The summed E-state index contributed by atoms with van der Waals surface area (Å²) in [6.45, 7) is 1.88. The Labute approximate surface area is 208 Å². The monoisotopic (exact) mass is 517 g/mol. The van der Waals surface area contributed by atoms with E-state index in [1.54, 1.807) is 22.7 Å². The highest BCUT2D eigenvalue weighted by Crippen LogP contribution is 2.41. The fraction of sp³-hybridized carbons (Fsp3) is 0.417. The Bertz CT molecular complexity index is 1390. The molecule has 0 aliphatic carbocycles. The van der Waals surface area contributed by atoms with Crippen LogP contribution in [0.4, 0.5) is 10.1 Å². The van der Waals surface area contributed by atoms with Gasteiger partial charge in [-0.25, -0.2) is 14.1 Å². The first-order chi connectivity index (χ1) is 17.2. The molecule has 5 rings (SSSR count). The van der Waals surface area contributed by atoms with Crippen LogP contribution in [0.1, 0.15) is 41.4 Å². The number of carbonyl (C=O) groups is 1. The number of carbonyl (C=O) groups excluding carboxylic acids is 1. The van der Waals surface area contributed by atoms with Gasteiger partial charge in [0.15, 0.2) is 0 Å². The quantitative estimate of drug-likeness (QED) is 0.513. The number of benzene rings is 1. The molecule has 2 fully saturated rings. The third-order valence-corrected chi connectivity index (χ3v) is 7.93. The molecule has 2 atom stereocenters. The molecular weight excluding hydrogens is 489 g/mol. The van der Waals surface area contributed by atoms with Crippen molar-refractivity contribution >= 4 is 27.5 Å². The van der Waals surface area contributed by atoms with Crippen molar-refractivity contribution in [1.82, 2.24) is 18.4 Å². The van der Waals surface area contributed by atoms with Crippen molar-refractivity contribution in [1.29, 1.82) is 0 Å². The van der Waals surface area contributed by atoms with Crippen LogP contribution in [0.15, 0.2) is 42.7 Å². The number of nitrogens with zero attached hydrogens (tertiary/aromatic N) is 4. The van der Waals surface area contributed by atoms with Crippen LogP contribution in [0.3, 0.4) is 0 Å². The summed E-state index contributed by atoms with van der Waals surface area (Å²) in [6, 6.07) is 8.12. The molecule has 0 saturated carbocycles. The third-order valence-electron chi connectivity index (χ3n) is 6.52. The van der Waals surface area contributed by atoms with Gasteiger partial charge in [0.2, 0.25) is 0 Å². The molecule has 10 nitrogen and oxygen atoms in total. The average molecular weight is 518 g/mol. The van der Waals surface area contributed by atoms with Gasteiger partial charge in [0, 0.05) is 38.8 Å². The van der Waals surface area contributed by atoms with Crippen molar-refractivity contribution in [3.05, 3.63) is 59.8 Å². The second-order valence-electron chi connectivity index (χ2n) is 9.11.